The van der Waals surface area contributed by atoms with Crippen molar-refractivity contribution in [2.24, 2.45) is 0 Å². The zero-order valence-electron chi connectivity index (χ0n) is 11.5. The number of halogens is 1. The first-order valence-electron chi connectivity index (χ1n) is 6.49. The zero-order chi connectivity index (χ0) is 15.1. The van der Waals surface area contributed by atoms with Gasteiger partial charge in [-0.1, -0.05) is 18.5 Å². The Labute approximate surface area is 128 Å². The van der Waals surface area contributed by atoms with Gasteiger partial charge in [0.05, 0.1) is 9.90 Å². The SMILES string of the molecule is CCCn1c(=O)[nH]c(=O)c2[nH]c(-c3scc(C)c3Cl)nc21. The third-order valence-electron chi connectivity index (χ3n) is 3.19. The normalized spacial score (nSPS) is 11.4. The van der Waals surface area contributed by atoms with Gasteiger partial charge in [0.2, 0.25) is 0 Å². The minimum absolute atomic E-state index is 0.292. The summed E-state index contributed by atoms with van der Waals surface area (Å²) >= 11 is 7.69. The lowest BCUT2D eigenvalue weighted by atomic mass is 10.3. The minimum Gasteiger partial charge on any atom is -0.331 e. The molecule has 0 aliphatic rings. The second-order valence-corrected chi connectivity index (χ2v) is 6.01. The van der Waals surface area contributed by atoms with Crippen LogP contribution in [0.3, 0.4) is 0 Å². The Bertz CT molecular complexity index is 934. The van der Waals surface area contributed by atoms with E-state index >= 15 is 0 Å². The molecule has 0 radical (unpaired) electrons. The molecule has 0 fully saturated rings. The molecule has 2 N–H and O–H groups in total. The number of aromatic nitrogens is 4. The average molecular weight is 325 g/mol. The van der Waals surface area contributed by atoms with E-state index in [4.69, 9.17) is 11.6 Å². The molecule has 0 amide bonds. The van der Waals surface area contributed by atoms with Gasteiger partial charge in [0.25, 0.3) is 5.56 Å². The number of thiophene rings is 1. The van der Waals surface area contributed by atoms with E-state index in [1.54, 1.807) is 0 Å². The Morgan fingerprint density at radius 1 is 1.38 bits per heavy atom. The van der Waals surface area contributed by atoms with Crippen LogP contribution >= 0.6 is 22.9 Å². The molecule has 0 aliphatic heterocycles. The van der Waals surface area contributed by atoms with Crippen LogP contribution in [0.4, 0.5) is 0 Å². The van der Waals surface area contributed by atoms with Crippen molar-refractivity contribution in [1.29, 1.82) is 0 Å². The summed E-state index contributed by atoms with van der Waals surface area (Å²) in [6, 6.07) is 0. The molecular formula is C13H13ClN4O2S. The number of aryl methyl sites for hydroxylation is 2. The summed E-state index contributed by atoms with van der Waals surface area (Å²) in [7, 11) is 0. The smallest absolute Gasteiger partial charge is 0.330 e. The summed E-state index contributed by atoms with van der Waals surface area (Å²) in [6.07, 6.45) is 0.766. The summed E-state index contributed by atoms with van der Waals surface area (Å²) in [5.41, 5.74) is 0.700. The standard InChI is InChI=1S/C13H13ClN4O2S/c1-3-4-18-11-8(12(19)17-13(18)20)15-10(16-11)9-7(14)6(2)5-21-9/h5H,3-4H2,1-2H3,(H,15,16)(H,17,19,20). The average Bonchev–Trinajstić information content (AvgIpc) is 3.00. The Balaban J connectivity index is 2.31. The highest BCUT2D eigenvalue weighted by atomic mass is 35.5. The zero-order valence-corrected chi connectivity index (χ0v) is 13.1. The summed E-state index contributed by atoms with van der Waals surface area (Å²) < 4.78 is 1.46. The van der Waals surface area contributed by atoms with Crippen LogP contribution in [0.2, 0.25) is 5.02 Å². The van der Waals surface area contributed by atoms with E-state index in [0.717, 1.165) is 16.9 Å². The first-order chi connectivity index (χ1) is 10.0. The molecule has 0 saturated heterocycles. The Morgan fingerprint density at radius 3 is 2.76 bits per heavy atom. The van der Waals surface area contributed by atoms with Crippen LogP contribution in [-0.2, 0) is 6.54 Å². The number of imidazole rings is 1. The second kappa shape index (κ2) is 5.16. The quantitative estimate of drug-likeness (QED) is 0.776. The molecule has 0 spiro atoms. The van der Waals surface area contributed by atoms with Gasteiger partial charge in [0.1, 0.15) is 5.52 Å². The summed E-state index contributed by atoms with van der Waals surface area (Å²) in [5, 5.41) is 2.54. The molecule has 3 aromatic rings. The highest BCUT2D eigenvalue weighted by Crippen LogP contribution is 2.35. The number of fused-ring (bicyclic) bond motifs is 1. The largest absolute Gasteiger partial charge is 0.331 e. The second-order valence-electron chi connectivity index (χ2n) is 4.76. The van der Waals surface area contributed by atoms with Crippen molar-refractivity contribution in [1.82, 2.24) is 19.5 Å². The van der Waals surface area contributed by atoms with Gasteiger partial charge < -0.3 is 4.98 Å². The predicted octanol–water partition coefficient (Wildman–Crippen LogP) is 2.51. The molecule has 6 nitrogen and oxygen atoms in total. The van der Waals surface area contributed by atoms with Gasteiger partial charge in [-0.25, -0.2) is 9.78 Å². The van der Waals surface area contributed by atoms with E-state index in [1.165, 1.54) is 15.9 Å². The Kier molecular flexibility index (Phi) is 3.46. The van der Waals surface area contributed by atoms with E-state index in [1.807, 2.05) is 19.2 Å². The van der Waals surface area contributed by atoms with Crippen molar-refractivity contribution < 1.29 is 0 Å². The molecule has 0 bridgehead atoms. The van der Waals surface area contributed by atoms with Gasteiger partial charge in [-0.05, 0) is 24.3 Å². The van der Waals surface area contributed by atoms with Crippen molar-refractivity contribution in [2.75, 3.05) is 0 Å². The third-order valence-corrected chi connectivity index (χ3v) is 4.90. The van der Waals surface area contributed by atoms with E-state index in [2.05, 4.69) is 15.0 Å². The minimum atomic E-state index is -0.467. The van der Waals surface area contributed by atoms with E-state index in [0.29, 0.717) is 28.6 Å². The number of nitrogens with one attached hydrogen (secondary N) is 2. The molecule has 3 rings (SSSR count). The maximum absolute atomic E-state index is 11.9. The predicted molar refractivity (Wildman–Crippen MR) is 84.3 cm³/mol. The molecule has 8 heteroatoms. The van der Waals surface area contributed by atoms with Gasteiger partial charge in [-0.3, -0.25) is 14.3 Å². The maximum Gasteiger partial charge on any atom is 0.330 e. The van der Waals surface area contributed by atoms with Gasteiger partial charge >= 0.3 is 5.69 Å². The van der Waals surface area contributed by atoms with Gasteiger partial charge in [-0.15, -0.1) is 11.3 Å². The highest BCUT2D eigenvalue weighted by molar-refractivity contribution is 7.14. The van der Waals surface area contributed by atoms with E-state index in [9.17, 15) is 9.59 Å². The molecule has 3 heterocycles. The molecule has 3 aromatic heterocycles. The fourth-order valence-corrected chi connectivity index (χ4v) is 3.40. The van der Waals surface area contributed by atoms with Gasteiger partial charge in [0, 0.05) is 6.54 Å². The van der Waals surface area contributed by atoms with Crippen LogP contribution in [-0.4, -0.2) is 19.5 Å². The molecule has 0 saturated carbocycles. The summed E-state index contributed by atoms with van der Waals surface area (Å²) in [5.74, 6) is 0.508. The van der Waals surface area contributed by atoms with Crippen molar-refractivity contribution in [3.05, 3.63) is 36.8 Å². The number of hydrogen-bond donors (Lipinski definition) is 2. The van der Waals surface area contributed by atoms with Gasteiger partial charge in [0.15, 0.2) is 11.5 Å². The first kappa shape index (κ1) is 14.1. The van der Waals surface area contributed by atoms with Crippen molar-refractivity contribution in [3.8, 4) is 10.7 Å². The number of aromatic amines is 2. The monoisotopic (exact) mass is 324 g/mol. The van der Waals surface area contributed by atoms with Crippen molar-refractivity contribution in [3.63, 3.8) is 0 Å². The van der Waals surface area contributed by atoms with E-state index in [-0.39, 0.29) is 0 Å². The molecule has 0 atom stereocenters. The Hall–Kier alpha value is -1.86. The number of nitrogens with zero attached hydrogens (tertiary/aromatic N) is 2. The van der Waals surface area contributed by atoms with Crippen molar-refractivity contribution in [2.45, 2.75) is 26.8 Å². The molecule has 0 aliphatic carbocycles. The highest BCUT2D eigenvalue weighted by Gasteiger charge is 2.17. The lowest BCUT2D eigenvalue weighted by molar-refractivity contribution is 0.653. The van der Waals surface area contributed by atoms with Crippen LogP contribution in [0.1, 0.15) is 18.9 Å². The van der Waals surface area contributed by atoms with E-state index < -0.39 is 11.2 Å². The molecule has 21 heavy (non-hydrogen) atoms. The van der Waals surface area contributed by atoms with Crippen LogP contribution < -0.4 is 11.2 Å². The number of H-pyrrole nitrogens is 2. The molecular weight excluding hydrogens is 312 g/mol. The Morgan fingerprint density at radius 2 is 2.14 bits per heavy atom. The number of hydrogen-bond acceptors (Lipinski definition) is 4. The maximum atomic E-state index is 11.9. The van der Waals surface area contributed by atoms with Crippen molar-refractivity contribution >= 4 is 34.1 Å². The lowest BCUT2D eigenvalue weighted by Crippen LogP contribution is -2.30. The van der Waals surface area contributed by atoms with Crippen LogP contribution in [0.5, 0.6) is 0 Å². The fraction of sp³-hybridized carbons (Fsp3) is 0.308. The fourth-order valence-electron chi connectivity index (χ4n) is 2.17. The van der Waals surface area contributed by atoms with Crippen LogP contribution in [0.25, 0.3) is 21.9 Å². The first-order valence-corrected chi connectivity index (χ1v) is 7.75. The van der Waals surface area contributed by atoms with Crippen LogP contribution in [0, 0.1) is 6.92 Å². The summed E-state index contributed by atoms with van der Waals surface area (Å²) in [4.78, 5) is 34.3. The number of rotatable bonds is 3. The molecule has 0 unspecified atom stereocenters. The third kappa shape index (κ3) is 2.22. The lowest BCUT2D eigenvalue weighted by Gasteiger charge is -2.02. The molecule has 110 valence electrons. The van der Waals surface area contributed by atoms with Gasteiger partial charge in [-0.2, -0.15) is 0 Å². The molecule has 0 aromatic carbocycles. The summed E-state index contributed by atoms with van der Waals surface area (Å²) in [6.45, 7) is 4.36. The van der Waals surface area contributed by atoms with Crippen LogP contribution in [0.15, 0.2) is 15.0 Å². The topological polar surface area (TPSA) is 83.5 Å².